The molecule has 0 aromatic heterocycles. The number of hydrogen-bond acceptors (Lipinski definition) is 3. The molecule has 0 aromatic rings. The van der Waals surface area contributed by atoms with Gasteiger partial charge in [0.2, 0.25) is 12.0 Å². The molecule has 1 amide bonds. The van der Waals surface area contributed by atoms with Crippen molar-refractivity contribution in [1.82, 2.24) is 5.32 Å². The number of nitrogens with one attached hydrogen (secondary N) is 1. The van der Waals surface area contributed by atoms with Crippen LogP contribution in [0, 0.1) is 0 Å². The van der Waals surface area contributed by atoms with E-state index in [1.807, 2.05) is 0 Å². The van der Waals surface area contributed by atoms with Crippen LogP contribution in [-0.2, 0) is 9.53 Å². The quantitative estimate of drug-likeness (QED) is 0.697. The van der Waals surface area contributed by atoms with Gasteiger partial charge in [0.05, 0.1) is 6.61 Å². The van der Waals surface area contributed by atoms with E-state index in [1.165, 1.54) is 0 Å². The number of amides is 1. The first-order valence-electron chi connectivity index (χ1n) is 5.27. The van der Waals surface area contributed by atoms with Crippen molar-refractivity contribution in [3.05, 3.63) is 0 Å². The Morgan fingerprint density at radius 3 is 2.00 bits per heavy atom. The summed E-state index contributed by atoms with van der Waals surface area (Å²) in [6, 6.07) is -1.41. The smallest absolute Gasteiger partial charge is 0.368 e. The molecule has 1 atom stereocenters. The third kappa shape index (κ3) is 6.62. The predicted molar refractivity (Wildman–Crippen MR) is 53.1 cm³/mol. The van der Waals surface area contributed by atoms with Crippen LogP contribution in [0.3, 0.4) is 0 Å². The predicted octanol–water partition coefficient (Wildman–Crippen LogP) is 1.35. The normalized spacial score (nSPS) is 14.7. The molecule has 114 valence electrons. The van der Waals surface area contributed by atoms with Gasteiger partial charge in [-0.15, -0.1) is 0 Å². The first kappa shape index (κ1) is 18.0. The molecular formula is C9H14F6N2O2. The Hall–Kier alpha value is -1.03. The van der Waals surface area contributed by atoms with Gasteiger partial charge in [-0.05, 0) is 13.0 Å². The van der Waals surface area contributed by atoms with Gasteiger partial charge in [0.15, 0.2) is 0 Å². The molecule has 0 aliphatic heterocycles. The Kier molecular flexibility index (Phi) is 6.57. The zero-order valence-corrected chi connectivity index (χ0v) is 9.94. The lowest BCUT2D eigenvalue weighted by Gasteiger charge is -2.25. The second-order valence-electron chi connectivity index (χ2n) is 3.71. The lowest BCUT2D eigenvalue weighted by atomic mass is 10.2. The SMILES string of the molecule is CCCNC(COC(C(F)(F)F)C(F)(F)F)C(N)=O. The number of ether oxygens (including phenoxy) is 1. The van der Waals surface area contributed by atoms with E-state index in [0.717, 1.165) is 0 Å². The fourth-order valence-electron chi connectivity index (χ4n) is 1.13. The second kappa shape index (κ2) is 6.94. The summed E-state index contributed by atoms with van der Waals surface area (Å²) in [6.45, 7) is 0.791. The van der Waals surface area contributed by atoms with E-state index >= 15 is 0 Å². The molecule has 0 spiro atoms. The number of carbonyl (C=O) groups excluding carboxylic acids is 1. The molecule has 0 rings (SSSR count). The molecule has 1 unspecified atom stereocenters. The lowest BCUT2D eigenvalue weighted by molar-refractivity contribution is -0.322. The average Bonchev–Trinajstić information content (AvgIpc) is 2.18. The summed E-state index contributed by atoms with van der Waals surface area (Å²) in [6.07, 6.45) is -14.6. The number of primary amides is 1. The van der Waals surface area contributed by atoms with Crippen LogP contribution < -0.4 is 11.1 Å². The van der Waals surface area contributed by atoms with Gasteiger partial charge < -0.3 is 15.8 Å². The van der Waals surface area contributed by atoms with Gasteiger partial charge in [-0.25, -0.2) is 0 Å². The minimum absolute atomic E-state index is 0.208. The highest BCUT2D eigenvalue weighted by atomic mass is 19.4. The van der Waals surface area contributed by atoms with Crippen molar-refractivity contribution in [3.63, 3.8) is 0 Å². The Morgan fingerprint density at radius 2 is 1.68 bits per heavy atom. The van der Waals surface area contributed by atoms with Crippen molar-refractivity contribution >= 4 is 5.91 Å². The largest absolute Gasteiger partial charge is 0.423 e. The standard InChI is InChI=1S/C9H14F6N2O2/c1-2-3-17-5(6(16)18)4-19-7(8(10,11)12)9(13,14)15/h5,7,17H,2-4H2,1H3,(H2,16,18). The molecule has 10 heteroatoms. The van der Waals surface area contributed by atoms with E-state index in [1.54, 1.807) is 6.92 Å². The highest BCUT2D eigenvalue weighted by Crippen LogP contribution is 2.35. The molecule has 0 bridgehead atoms. The van der Waals surface area contributed by atoms with E-state index in [0.29, 0.717) is 6.42 Å². The van der Waals surface area contributed by atoms with Crippen LogP contribution in [0.5, 0.6) is 0 Å². The van der Waals surface area contributed by atoms with E-state index in [9.17, 15) is 31.1 Å². The summed E-state index contributed by atoms with van der Waals surface area (Å²) in [4.78, 5) is 10.8. The fraction of sp³-hybridized carbons (Fsp3) is 0.889. The number of alkyl halides is 6. The highest BCUT2D eigenvalue weighted by Gasteiger charge is 2.58. The molecule has 19 heavy (non-hydrogen) atoms. The maximum Gasteiger partial charge on any atom is 0.423 e. The van der Waals surface area contributed by atoms with E-state index in [-0.39, 0.29) is 6.54 Å². The van der Waals surface area contributed by atoms with Crippen molar-refractivity contribution in [2.75, 3.05) is 13.2 Å². The minimum atomic E-state index is -5.61. The van der Waals surface area contributed by atoms with Crippen LogP contribution in [0.25, 0.3) is 0 Å². The fourth-order valence-corrected chi connectivity index (χ4v) is 1.13. The van der Waals surface area contributed by atoms with Crippen molar-refractivity contribution in [1.29, 1.82) is 0 Å². The molecular weight excluding hydrogens is 282 g/mol. The van der Waals surface area contributed by atoms with E-state index in [4.69, 9.17) is 5.73 Å². The van der Waals surface area contributed by atoms with Crippen molar-refractivity contribution in [2.24, 2.45) is 5.73 Å². The third-order valence-electron chi connectivity index (χ3n) is 2.01. The van der Waals surface area contributed by atoms with Gasteiger partial charge in [0.1, 0.15) is 6.04 Å². The molecule has 0 heterocycles. The molecule has 4 nitrogen and oxygen atoms in total. The zero-order chi connectivity index (χ0) is 15.3. The lowest BCUT2D eigenvalue weighted by Crippen LogP contribution is -2.50. The molecule has 0 saturated carbocycles. The van der Waals surface area contributed by atoms with Crippen LogP contribution in [0.4, 0.5) is 26.3 Å². The topological polar surface area (TPSA) is 64.3 Å². The van der Waals surface area contributed by atoms with Gasteiger partial charge in [0.25, 0.3) is 0 Å². The zero-order valence-electron chi connectivity index (χ0n) is 9.94. The Morgan fingerprint density at radius 1 is 1.21 bits per heavy atom. The van der Waals surface area contributed by atoms with E-state index < -0.39 is 37.0 Å². The number of nitrogens with two attached hydrogens (primary N) is 1. The average molecular weight is 296 g/mol. The molecule has 0 radical (unpaired) electrons. The Labute approximate surface area is 105 Å². The van der Waals surface area contributed by atoms with Crippen molar-refractivity contribution in [3.8, 4) is 0 Å². The molecule has 3 N–H and O–H groups in total. The summed E-state index contributed by atoms with van der Waals surface area (Å²) in [5, 5.41) is 2.39. The first-order chi connectivity index (χ1) is 8.50. The molecule has 0 aliphatic carbocycles. The number of rotatable bonds is 7. The molecule has 0 saturated heterocycles. The van der Waals surface area contributed by atoms with Gasteiger partial charge in [0, 0.05) is 0 Å². The van der Waals surface area contributed by atoms with Gasteiger partial charge >= 0.3 is 12.4 Å². The number of carbonyl (C=O) groups is 1. The summed E-state index contributed by atoms with van der Waals surface area (Å²) >= 11 is 0. The maximum atomic E-state index is 12.1. The number of hydrogen-bond donors (Lipinski definition) is 2. The summed E-state index contributed by atoms with van der Waals surface area (Å²) in [5.74, 6) is -1.09. The van der Waals surface area contributed by atoms with Crippen molar-refractivity contribution in [2.45, 2.75) is 37.8 Å². The second-order valence-corrected chi connectivity index (χ2v) is 3.71. The van der Waals surface area contributed by atoms with E-state index in [2.05, 4.69) is 10.1 Å². The van der Waals surface area contributed by atoms with Crippen molar-refractivity contribution < 1.29 is 35.9 Å². The van der Waals surface area contributed by atoms with Gasteiger partial charge in [-0.3, -0.25) is 4.79 Å². The van der Waals surface area contributed by atoms with Crippen LogP contribution in [0.1, 0.15) is 13.3 Å². The molecule has 0 aromatic carbocycles. The van der Waals surface area contributed by atoms with Gasteiger partial charge in [-0.2, -0.15) is 26.3 Å². The minimum Gasteiger partial charge on any atom is -0.368 e. The van der Waals surface area contributed by atoms with Crippen LogP contribution >= 0.6 is 0 Å². The van der Waals surface area contributed by atoms with Crippen LogP contribution in [0.15, 0.2) is 0 Å². The summed E-state index contributed by atoms with van der Waals surface area (Å²) in [5.41, 5.74) is 4.84. The maximum absolute atomic E-state index is 12.1. The number of halogens is 6. The van der Waals surface area contributed by atoms with Crippen LogP contribution in [-0.4, -0.2) is 43.6 Å². The van der Waals surface area contributed by atoms with Crippen LogP contribution in [0.2, 0.25) is 0 Å². The Balaban J connectivity index is 4.65. The summed E-state index contributed by atoms with van der Waals surface area (Å²) in [7, 11) is 0. The van der Waals surface area contributed by atoms with Gasteiger partial charge in [-0.1, -0.05) is 6.92 Å². The molecule has 0 fully saturated rings. The first-order valence-corrected chi connectivity index (χ1v) is 5.27. The third-order valence-corrected chi connectivity index (χ3v) is 2.01. The Bertz CT molecular complexity index is 277. The molecule has 0 aliphatic rings. The highest BCUT2D eigenvalue weighted by molar-refractivity contribution is 5.79. The monoisotopic (exact) mass is 296 g/mol. The summed E-state index contributed by atoms with van der Waals surface area (Å²) < 4.78 is 76.6.